The smallest absolute Gasteiger partial charge is 0.255 e. The van der Waals surface area contributed by atoms with Crippen LogP contribution < -0.4 is 5.32 Å². The first kappa shape index (κ1) is 18.9. The fourth-order valence-electron chi connectivity index (χ4n) is 2.95. The molecule has 5 heteroatoms. The molecule has 3 rings (SSSR count). The number of carbonyl (C=O) groups is 1. The SMILES string of the molecule is CCOCc1ccc(CNC(=O)c2cnn(-c3ccccc3)c2CC)cc1. The highest BCUT2D eigenvalue weighted by Gasteiger charge is 2.16. The molecule has 27 heavy (non-hydrogen) atoms. The number of hydrogen-bond donors (Lipinski definition) is 1. The Hall–Kier alpha value is -2.92. The molecule has 0 atom stereocenters. The minimum absolute atomic E-state index is 0.104. The number of benzene rings is 2. The van der Waals surface area contributed by atoms with Gasteiger partial charge >= 0.3 is 0 Å². The van der Waals surface area contributed by atoms with Crippen molar-refractivity contribution in [3.63, 3.8) is 0 Å². The van der Waals surface area contributed by atoms with Crippen LogP contribution in [0.4, 0.5) is 0 Å². The van der Waals surface area contributed by atoms with Crippen LogP contribution in [-0.4, -0.2) is 22.3 Å². The quantitative estimate of drug-likeness (QED) is 0.660. The minimum Gasteiger partial charge on any atom is -0.377 e. The summed E-state index contributed by atoms with van der Waals surface area (Å²) in [4.78, 5) is 12.7. The van der Waals surface area contributed by atoms with Crippen molar-refractivity contribution in [1.29, 1.82) is 0 Å². The molecule has 0 fully saturated rings. The first-order chi connectivity index (χ1) is 13.2. The summed E-state index contributed by atoms with van der Waals surface area (Å²) in [6.45, 7) is 5.81. The molecular formula is C22H25N3O2. The zero-order chi connectivity index (χ0) is 19.1. The number of hydrogen-bond acceptors (Lipinski definition) is 3. The van der Waals surface area contributed by atoms with E-state index in [9.17, 15) is 4.79 Å². The Bertz CT molecular complexity index is 870. The van der Waals surface area contributed by atoms with Gasteiger partial charge in [0.15, 0.2) is 0 Å². The van der Waals surface area contributed by atoms with Crippen LogP contribution in [0.5, 0.6) is 0 Å². The van der Waals surface area contributed by atoms with E-state index in [4.69, 9.17) is 4.74 Å². The fraction of sp³-hybridized carbons (Fsp3) is 0.273. The molecule has 0 aliphatic rings. The monoisotopic (exact) mass is 363 g/mol. The molecule has 3 aromatic rings. The van der Waals surface area contributed by atoms with Crippen molar-refractivity contribution in [1.82, 2.24) is 15.1 Å². The van der Waals surface area contributed by atoms with E-state index < -0.39 is 0 Å². The molecule has 1 heterocycles. The third kappa shape index (κ3) is 4.63. The van der Waals surface area contributed by atoms with E-state index in [1.54, 1.807) is 6.20 Å². The van der Waals surface area contributed by atoms with Gasteiger partial charge in [0.2, 0.25) is 0 Å². The Balaban J connectivity index is 1.67. The number of aromatic nitrogens is 2. The van der Waals surface area contributed by atoms with Crippen molar-refractivity contribution in [3.05, 3.63) is 83.2 Å². The number of nitrogens with zero attached hydrogens (tertiary/aromatic N) is 2. The van der Waals surface area contributed by atoms with E-state index >= 15 is 0 Å². The van der Waals surface area contributed by atoms with Gasteiger partial charge < -0.3 is 10.1 Å². The Kier molecular flexibility index (Phi) is 6.39. The molecule has 0 unspecified atom stereocenters. The Morgan fingerprint density at radius 2 is 1.74 bits per heavy atom. The third-order valence-corrected chi connectivity index (χ3v) is 4.40. The maximum absolute atomic E-state index is 12.7. The summed E-state index contributed by atoms with van der Waals surface area (Å²) < 4.78 is 7.23. The van der Waals surface area contributed by atoms with Crippen LogP contribution in [0.2, 0.25) is 0 Å². The van der Waals surface area contributed by atoms with Crippen LogP contribution in [0.25, 0.3) is 5.69 Å². The number of amides is 1. The molecule has 0 spiro atoms. The first-order valence-electron chi connectivity index (χ1n) is 9.29. The lowest BCUT2D eigenvalue weighted by atomic mass is 10.1. The van der Waals surface area contributed by atoms with E-state index in [1.807, 2.05) is 73.1 Å². The van der Waals surface area contributed by atoms with E-state index in [2.05, 4.69) is 10.4 Å². The Labute approximate surface area is 160 Å². The summed E-state index contributed by atoms with van der Waals surface area (Å²) in [6.07, 6.45) is 2.37. The van der Waals surface area contributed by atoms with E-state index in [1.165, 1.54) is 0 Å². The van der Waals surface area contributed by atoms with Gasteiger partial charge in [0.25, 0.3) is 5.91 Å². The number of rotatable bonds is 8. The standard InChI is InChI=1S/C22H25N3O2/c1-3-21-20(15-24-25(21)19-8-6-5-7-9-19)22(26)23-14-17-10-12-18(13-11-17)16-27-4-2/h5-13,15H,3-4,14,16H2,1-2H3,(H,23,26). The predicted octanol–water partition coefficient (Wildman–Crippen LogP) is 3.90. The lowest BCUT2D eigenvalue weighted by molar-refractivity contribution is 0.0950. The van der Waals surface area contributed by atoms with Gasteiger partial charge in [-0.2, -0.15) is 5.10 Å². The molecule has 1 amide bonds. The van der Waals surface area contributed by atoms with E-state index in [0.717, 1.165) is 28.9 Å². The van der Waals surface area contributed by atoms with Crippen LogP contribution in [-0.2, 0) is 24.3 Å². The van der Waals surface area contributed by atoms with Crippen molar-refractivity contribution in [2.75, 3.05) is 6.61 Å². The van der Waals surface area contributed by atoms with Crippen molar-refractivity contribution < 1.29 is 9.53 Å². The van der Waals surface area contributed by atoms with Gasteiger partial charge in [-0.15, -0.1) is 0 Å². The van der Waals surface area contributed by atoms with Gasteiger partial charge in [-0.1, -0.05) is 49.4 Å². The summed E-state index contributed by atoms with van der Waals surface area (Å²) in [5.41, 5.74) is 4.67. The second-order valence-electron chi connectivity index (χ2n) is 6.24. The number of carbonyl (C=O) groups excluding carboxylic acids is 1. The molecular weight excluding hydrogens is 338 g/mol. The summed E-state index contributed by atoms with van der Waals surface area (Å²) in [5, 5.41) is 7.41. The van der Waals surface area contributed by atoms with Gasteiger partial charge in [0.1, 0.15) is 0 Å². The maximum atomic E-state index is 12.7. The van der Waals surface area contributed by atoms with Crippen LogP contribution in [0.3, 0.4) is 0 Å². The van der Waals surface area contributed by atoms with Gasteiger partial charge in [0.05, 0.1) is 29.7 Å². The molecule has 0 aliphatic heterocycles. The summed E-state index contributed by atoms with van der Waals surface area (Å²) in [5.74, 6) is -0.104. The molecule has 1 aromatic heterocycles. The molecule has 140 valence electrons. The number of nitrogens with one attached hydrogen (secondary N) is 1. The molecule has 0 saturated carbocycles. The summed E-state index contributed by atoms with van der Waals surface area (Å²) in [6, 6.07) is 18.0. The second-order valence-corrected chi connectivity index (χ2v) is 6.24. The van der Waals surface area contributed by atoms with E-state index in [0.29, 0.717) is 25.3 Å². The lowest BCUT2D eigenvalue weighted by Crippen LogP contribution is -2.23. The first-order valence-corrected chi connectivity index (χ1v) is 9.29. The topological polar surface area (TPSA) is 56.1 Å². The van der Waals surface area contributed by atoms with Gasteiger partial charge in [0, 0.05) is 13.2 Å². The normalized spacial score (nSPS) is 10.7. The highest BCUT2D eigenvalue weighted by atomic mass is 16.5. The van der Waals surface area contributed by atoms with Crippen LogP contribution in [0, 0.1) is 0 Å². The lowest BCUT2D eigenvalue weighted by Gasteiger charge is -2.09. The predicted molar refractivity (Wildman–Crippen MR) is 106 cm³/mol. The van der Waals surface area contributed by atoms with Gasteiger partial charge in [-0.3, -0.25) is 4.79 Å². The average molecular weight is 363 g/mol. The highest BCUT2D eigenvalue weighted by Crippen LogP contribution is 2.16. The highest BCUT2D eigenvalue weighted by molar-refractivity contribution is 5.95. The Morgan fingerprint density at radius 3 is 2.41 bits per heavy atom. The molecule has 2 aromatic carbocycles. The largest absolute Gasteiger partial charge is 0.377 e. The van der Waals surface area contributed by atoms with Gasteiger partial charge in [-0.05, 0) is 36.6 Å². The molecule has 0 radical (unpaired) electrons. The summed E-state index contributed by atoms with van der Waals surface area (Å²) >= 11 is 0. The number of ether oxygens (including phenoxy) is 1. The van der Waals surface area contributed by atoms with Crippen LogP contribution in [0.15, 0.2) is 60.8 Å². The van der Waals surface area contributed by atoms with Gasteiger partial charge in [-0.25, -0.2) is 4.68 Å². The van der Waals surface area contributed by atoms with Crippen LogP contribution in [0.1, 0.15) is 41.0 Å². The van der Waals surface area contributed by atoms with Crippen molar-refractivity contribution >= 4 is 5.91 Å². The summed E-state index contributed by atoms with van der Waals surface area (Å²) in [7, 11) is 0. The van der Waals surface area contributed by atoms with E-state index in [-0.39, 0.29) is 5.91 Å². The maximum Gasteiger partial charge on any atom is 0.255 e. The fourth-order valence-corrected chi connectivity index (χ4v) is 2.95. The zero-order valence-corrected chi connectivity index (χ0v) is 15.8. The number of para-hydroxylation sites is 1. The molecule has 0 bridgehead atoms. The molecule has 0 aliphatic carbocycles. The minimum atomic E-state index is -0.104. The Morgan fingerprint density at radius 1 is 1.04 bits per heavy atom. The molecule has 1 N–H and O–H groups in total. The molecule has 0 saturated heterocycles. The van der Waals surface area contributed by atoms with Crippen molar-refractivity contribution in [2.45, 2.75) is 33.4 Å². The average Bonchev–Trinajstić information content (AvgIpc) is 3.16. The second kappa shape index (κ2) is 9.14. The third-order valence-electron chi connectivity index (χ3n) is 4.40. The van der Waals surface area contributed by atoms with Crippen molar-refractivity contribution in [2.24, 2.45) is 0 Å². The zero-order valence-electron chi connectivity index (χ0n) is 15.8. The molecule has 5 nitrogen and oxygen atoms in total. The van der Waals surface area contributed by atoms with Crippen molar-refractivity contribution in [3.8, 4) is 5.69 Å². The van der Waals surface area contributed by atoms with Crippen LogP contribution >= 0.6 is 0 Å².